The molecule has 0 saturated heterocycles. The molecule has 0 spiro atoms. The average molecular weight is 1040 g/mol. The van der Waals surface area contributed by atoms with Gasteiger partial charge in [-0.25, -0.2) is 0 Å². The fraction of sp³-hybridized carbons (Fsp3) is 0.853. The van der Waals surface area contributed by atoms with Crippen LogP contribution in [0.3, 0.4) is 0 Å². The van der Waals surface area contributed by atoms with Gasteiger partial charge in [0, 0.05) is 12.8 Å². The molecule has 0 fully saturated rings. The summed E-state index contributed by atoms with van der Waals surface area (Å²) in [5.74, 6) is -0.0859. The first-order valence-electron chi connectivity index (χ1n) is 32.9. The van der Waals surface area contributed by atoms with Gasteiger partial charge < -0.3 is 20.3 Å². The Hall–Kier alpha value is -2.18. The van der Waals surface area contributed by atoms with Crippen molar-refractivity contribution in [3.05, 3.63) is 48.6 Å². The third-order valence-corrected chi connectivity index (χ3v) is 15.1. The molecule has 1 amide bonds. The van der Waals surface area contributed by atoms with Crippen molar-refractivity contribution in [3.8, 4) is 0 Å². The minimum atomic E-state index is -0.670. The molecule has 3 N–H and O–H groups in total. The van der Waals surface area contributed by atoms with Crippen molar-refractivity contribution in [2.75, 3.05) is 13.2 Å². The van der Waals surface area contributed by atoms with Crippen molar-refractivity contribution in [2.24, 2.45) is 0 Å². The van der Waals surface area contributed by atoms with Crippen LogP contribution in [0.4, 0.5) is 0 Å². The second-order valence-corrected chi connectivity index (χ2v) is 22.4. The molecular formula is C68H127NO5. The second kappa shape index (κ2) is 63.4. The number of aliphatic hydroxyl groups is 2. The van der Waals surface area contributed by atoms with E-state index in [0.29, 0.717) is 25.9 Å². The predicted octanol–water partition coefficient (Wildman–Crippen LogP) is 20.9. The molecule has 0 saturated carbocycles. The third kappa shape index (κ3) is 59.1. The van der Waals surface area contributed by atoms with Crippen LogP contribution in [0.5, 0.6) is 0 Å². The Morgan fingerprint density at radius 3 is 1.04 bits per heavy atom. The first kappa shape index (κ1) is 71.8. The van der Waals surface area contributed by atoms with Crippen molar-refractivity contribution in [3.63, 3.8) is 0 Å². The van der Waals surface area contributed by atoms with E-state index in [-0.39, 0.29) is 18.5 Å². The first-order valence-corrected chi connectivity index (χ1v) is 32.9. The number of hydrogen-bond acceptors (Lipinski definition) is 5. The van der Waals surface area contributed by atoms with Crippen molar-refractivity contribution in [2.45, 2.75) is 360 Å². The molecule has 0 radical (unpaired) electrons. The van der Waals surface area contributed by atoms with Gasteiger partial charge in [-0.3, -0.25) is 9.59 Å². The average Bonchev–Trinajstić information content (AvgIpc) is 3.40. The van der Waals surface area contributed by atoms with Crippen molar-refractivity contribution >= 4 is 11.9 Å². The van der Waals surface area contributed by atoms with Gasteiger partial charge in [0.05, 0.1) is 25.4 Å². The summed E-state index contributed by atoms with van der Waals surface area (Å²) in [7, 11) is 0. The van der Waals surface area contributed by atoms with Crippen LogP contribution in [-0.2, 0) is 14.3 Å². The highest BCUT2D eigenvalue weighted by Crippen LogP contribution is 2.18. The predicted molar refractivity (Wildman–Crippen MR) is 324 cm³/mol. The van der Waals surface area contributed by atoms with Crippen LogP contribution in [0.1, 0.15) is 348 Å². The number of unbranched alkanes of at least 4 members (excludes halogenated alkanes) is 42. The number of hydrogen-bond donors (Lipinski definition) is 3. The van der Waals surface area contributed by atoms with Gasteiger partial charge in [-0.15, -0.1) is 0 Å². The molecule has 74 heavy (non-hydrogen) atoms. The summed E-state index contributed by atoms with van der Waals surface area (Å²) in [6.45, 7) is 4.84. The molecule has 6 nitrogen and oxygen atoms in total. The van der Waals surface area contributed by atoms with E-state index in [1.54, 1.807) is 0 Å². The smallest absolute Gasteiger partial charge is 0.305 e. The fourth-order valence-electron chi connectivity index (χ4n) is 10.1. The number of esters is 1. The Balaban J connectivity index is 3.46. The van der Waals surface area contributed by atoms with Gasteiger partial charge in [0.2, 0.25) is 5.91 Å². The van der Waals surface area contributed by atoms with Crippen LogP contribution in [-0.4, -0.2) is 47.4 Å². The number of amides is 1. The Morgan fingerprint density at radius 2 is 0.676 bits per heavy atom. The number of ether oxygens (including phenoxy) is 1. The first-order chi connectivity index (χ1) is 36.5. The van der Waals surface area contributed by atoms with Crippen molar-refractivity contribution in [1.82, 2.24) is 5.32 Å². The molecule has 2 atom stereocenters. The maximum atomic E-state index is 12.5. The number of carbonyl (C=O) groups excluding carboxylic acids is 2. The van der Waals surface area contributed by atoms with E-state index in [1.807, 2.05) is 0 Å². The second-order valence-electron chi connectivity index (χ2n) is 22.4. The molecule has 0 aromatic carbocycles. The van der Waals surface area contributed by atoms with Crippen LogP contribution < -0.4 is 5.32 Å². The SMILES string of the molecule is CCCCCC/C=C\C/C=C\CCCCCCCC(=O)OCC/C=C\C/C=C\CCCCCCCCCCCCCCCCC(=O)NC(CO)C(O)CCCCCCCCCCCCCCCCCCCCCC. The minimum Gasteiger partial charge on any atom is -0.465 e. The van der Waals surface area contributed by atoms with Crippen LogP contribution in [0.25, 0.3) is 0 Å². The van der Waals surface area contributed by atoms with E-state index in [4.69, 9.17) is 4.74 Å². The highest BCUT2D eigenvalue weighted by atomic mass is 16.5. The standard InChI is InChI=1S/C68H127NO5/c1-3-5-7-9-11-13-15-17-19-21-22-26-29-32-36-40-44-48-52-56-60-66(71)65(64-70)69-67(72)61-57-53-49-45-41-37-33-30-27-24-23-25-28-31-35-39-43-47-51-55-59-63-74-68(73)62-58-54-50-46-42-38-34-20-18-16-14-12-10-8-6-4-2/h14,16,20,34,39,43,51,55,65-66,70-71H,3-13,15,17-19,21-33,35-38,40-42,44-50,52-54,56-64H2,1-2H3,(H,69,72)/b16-14-,34-20-,43-39-,55-51-. The number of allylic oxidation sites excluding steroid dienone is 7. The third-order valence-electron chi connectivity index (χ3n) is 15.1. The van der Waals surface area contributed by atoms with Gasteiger partial charge in [-0.1, -0.05) is 306 Å². The topological polar surface area (TPSA) is 95.9 Å². The lowest BCUT2D eigenvalue weighted by Gasteiger charge is -2.22. The molecule has 0 aliphatic heterocycles. The monoisotopic (exact) mass is 1040 g/mol. The fourth-order valence-corrected chi connectivity index (χ4v) is 10.1. The molecule has 0 bridgehead atoms. The highest BCUT2D eigenvalue weighted by Gasteiger charge is 2.20. The van der Waals surface area contributed by atoms with E-state index in [0.717, 1.165) is 64.2 Å². The normalized spacial score (nSPS) is 12.9. The van der Waals surface area contributed by atoms with Gasteiger partial charge in [-0.2, -0.15) is 0 Å². The molecule has 0 aromatic rings. The summed E-state index contributed by atoms with van der Waals surface area (Å²) in [5.41, 5.74) is 0. The van der Waals surface area contributed by atoms with E-state index in [9.17, 15) is 19.8 Å². The highest BCUT2D eigenvalue weighted by molar-refractivity contribution is 5.76. The van der Waals surface area contributed by atoms with Crippen molar-refractivity contribution in [1.29, 1.82) is 0 Å². The largest absolute Gasteiger partial charge is 0.465 e. The maximum Gasteiger partial charge on any atom is 0.305 e. The van der Waals surface area contributed by atoms with E-state index in [1.165, 1.54) is 250 Å². The maximum absolute atomic E-state index is 12.5. The molecule has 2 unspecified atom stereocenters. The van der Waals surface area contributed by atoms with Crippen molar-refractivity contribution < 1.29 is 24.5 Å². The summed E-state index contributed by atoms with van der Waals surface area (Å²) in [4.78, 5) is 24.6. The zero-order valence-electron chi connectivity index (χ0n) is 49.6. The molecule has 0 aliphatic carbocycles. The molecular weight excluding hydrogens is 911 g/mol. The van der Waals surface area contributed by atoms with E-state index < -0.39 is 12.1 Å². The zero-order chi connectivity index (χ0) is 53.6. The number of rotatable bonds is 61. The Morgan fingerprint density at radius 1 is 0.378 bits per heavy atom. The Labute approximate surface area is 461 Å². The summed E-state index contributed by atoms with van der Waals surface area (Å²) in [5, 5.41) is 23.4. The van der Waals surface area contributed by atoms with Gasteiger partial charge in [0.1, 0.15) is 0 Å². The van der Waals surface area contributed by atoms with Crippen LogP contribution >= 0.6 is 0 Å². The molecule has 6 heteroatoms. The van der Waals surface area contributed by atoms with Crippen LogP contribution in [0, 0.1) is 0 Å². The summed E-state index contributed by atoms with van der Waals surface area (Å²) in [6, 6.07) is -0.547. The molecule has 0 aliphatic rings. The minimum absolute atomic E-state index is 0.0374. The lowest BCUT2D eigenvalue weighted by atomic mass is 10.0. The van der Waals surface area contributed by atoms with Crippen LogP contribution in [0.2, 0.25) is 0 Å². The molecule has 0 rings (SSSR count). The van der Waals surface area contributed by atoms with E-state index in [2.05, 4.69) is 67.8 Å². The zero-order valence-corrected chi connectivity index (χ0v) is 49.6. The summed E-state index contributed by atoms with van der Waals surface area (Å²) < 4.78 is 5.42. The van der Waals surface area contributed by atoms with Gasteiger partial charge in [0.25, 0.3) is 0 Å². The molecule has 434 valence electrons. The van der Waals surface area contributed by atoms with Crippen LogP contribution in [0.15, 0.2) is 48.6 Å². The summed E-state index contributed by atoms with van der Waals surface area (Å²) >= 11 is 0. The van der Waals surface area contributed by atoms with Gasteiger partial charge in [-0.05, 0) is 77.0 Å². The van der Waals surface area contributed by atoms with E-state index >= 15 is 0 Å². The number of aliphatic hydroxyl groups excluding tert-OH is 2. The lowest BCUT2D eigenvalue weighted by molar-refractivity contribution is -0.143. The van der Waals surface area contributed by atoms with Gasteiger partial charge in [0.15, 0.2) is 0 Å². The number of carbonyl (C=O) groups is 2. The summed E-state index contributed by atoms with van der Waals surface area (Å²) in [6.07, 6.45) is 81.4. The molecule has 0 aromatic heterocycles. The Bertz CT molecular complexity index is 1240. The lowest BCUT2D eigenvalue weighted by Crippen LogP contribution is -2.45. The Kier molecular flexibility index (Phi) is 61.5. The van der Waals surface area contributed by atoms with Gasteiger partial charge >= 0.3 is 5.97 Å². The quantitative estimate of drug-likeness (QED) is 0.0320. The molecule has 0 heterocycles. The number of nitrogens with one attached hydrogen (secondary N) is 1.